The topological polar surface area (TPSA) is 29.1 Å². The number of benzene rings is 2. The molecule has 3 rings (SSSR count). The SMILES string of the molecule is O=C(Nc1ccc2c(c1)CCc1ccccc1-2)C(F)(F)F. The maximum atomic E-state index is 12.3. The molecule has 1 aliphatic carbocycles. The van der Waals surface area contributed by atoms with Gasteiger partial charge in [0.2, 0.25) is 0 Å². The number of aryl methyl sites for hydroxylation is 2. The summed E-state index contributed by atoms with van der Waals surface area (Å²) in [5.41, 5.74) is 4.48. The van der Waals surface area contributed by atoms with Gasteiger partial charge in [0.1, 0.15) is 0 Å². The van der Waals surface area contributed by atoms with Gasteiger partial charge in [-0.1, -0.05) is 30.3 Å². The van der Waals surface area contributed by atoms with E-state index in [0.717, 1.165) is 29.5 Å². The lowest BCUT2D eigenvalue weighted by Gasteiger charge is -2.20. The normalized spacial score (nSPS) is 13.3. The first kappa shape index (κ1) is 13.7. The van der Waals surface area contributed by atoms with Crippen molar-refractivity contribution in [1.82, 2.24) is 0 Å². The van der Waals surface area contributed by atoms with E-state index in [9.17, 15) is 18.0 Å². The summed E-state index contributed by atoms with van der Waals surface area (Å²) < 4.78 is 36.8. The van der Waals surface area contributed by atoms with Gasteiger partial charge in [-0.25, -0.2) is 0 Å². The number of anilines is 1. The number of fused-ring (bicyclic) bond motifs is 3. The Morgan fingerprint density at radius 2 is 1.62 bits per heavy atom. The average Bonchev–Trinajstić information content (AvgIpc) is 2.46. The van der Waals surface area contributed by atoms with Crippen LogP contribution in [0.1, 0.15) is 11.1 Å². The van der Waals surface area contributed by atoms with Crippen molar-refractivity contribution in [2.24, 2.45) is 0 Å². The van der Waals surface area contributed by atoms with Crippen LogP contribution in [0.3, 0.4) is 0 Å². The number of carbonyl (C=O) groups excluding carboxylic acids is 1. The van der Waals surface area contributed by atoms with E-state index < -0.39 is 12.1 Å². The highest BCUT2D eigenvalue weighted by atomic mass is 19.4. The Morgan fingerprint density at radius 1 is 0.952 bits per heavy atom. The van der Waals surface area contributed by atoms with Crippen molar-refractivity contribution in [1.29, 1.82) is 0 Å². The van der Waals surface area contributed by atoms with Gasteiger partial charge < -0.3 is 5.32 Å². The molecule has 0 saturated carbocycles. The van der Waals surface area contributed by atoms with Crippen molar-refractivity contribution in [2.75, 3.05) is 5.32 Å². The Balaban J connectivity index is 1.92. The van der Waals surface area contributed by atoms with E-state index in [1.165, 1.54) is 11.6 Å². The van der Waals surface area contributed by atoms with E-state index in [-0.39, 0.29) is 5.69 Å². The van der Waals surface area contributed by atoms with Gasteiger partial charge in [0.05, 0.1) is 0 Å². The van der Waals surface area contributed by atoms with Crippen LogP contribution in [0.4, 0.5) is 18.9 Å². The summed E-state index contributed by atoms with van der Waals surface area (Å²) in [6.07, 6.45) is -3.27. The highest BCUT2D eigenvalue weighted by Crippen LogP contribution is 2.34. The second-order valence-electron chi connectivity index (χ2n) is 4.98. The van der Waals surface area contributed by atoms with Crippen LogP contribution in [0.25, 0.3) is 11.1 Å². The minimum Gasteiger partial charge on any atom is -0.318 e. The molecule has 0 aromatic heterocycles. The van der Waals surface area contributed by atoms with Gasteiger partial charge >= 0.3 is 12.1 Å². The molecule has 0 bridgehead atoms. The quantitative estimate of drug-likeness (QED) is 0.846. The zero-order valence-electron chi connectivity index (χ0n) is 11.0. The summed E-state index contributed by atoms with van der Waals surface area (Å²) in [5.74, 6) is -1.95. The number of nitrogens with one attached hydrogen (secondary N) is 1. The molecule has 0 fully saturated rings. The summed E-state index contributed by atoms with van der Waals surface area (Å²) in [5, 5.41) is 1.89. The van der Waals surface area contributed by atoms with Gasteiger partial charge in [-0.15, -0.1) is 0 Å². The Kier molecular flexibility index (Phi) is 3.20. The highest BCUT2D eigenvalue weighted by molar-refractivity contribution is 5.95. The van der Waals surface area contributed by atoms with Gasteiger partial charge in [0, 0.05) is 5.69 Å². The molecule has 2 nitrogen and oxygen atoms in total. The number of hydrogen-bond acceptors (Lipinski definition) is 1. The molecule has 0 unspecified atom stereocenters. The van der Waals surface area contributed by atoms with Crippen LogP contribution in [0.5, 0.6) is 0 Å². The summed E-state index contributed by atoms with van der Waals surface area (Å²) in [7, 11) is 0. The Hall–Kier alpha value is -2.30. The second kappa shape index (κ2) is 4.91. The molecule has 1 amide bonds. The minimum absolute atomic E-state index is 0.176. The third-order valence-electron chi connectivity index (χ3n) is 3.59. The molecule has 2 aromatic carbocycles. The molecule has 1 N–H and O–H groups in total. The molecule has 0 aliphatic heterocycles. The zero-order chi connectivity index (χ0) is 15.0. The molecule has 1 aliphatic rings. The molecule has 2 aromatic rings. The molecule has 108 valence electrons. The van der Waals surface area contributed by atoms with Crippen LogP contribution in [0.15, 0.2) is 42.5 Å². The van der Waals surface area contributed by atoms with Crippen molar-refractivity contribution in [3.8, 4) is 11.1 Å². The predicted octanol–water partition coefficient (Wildman–Crippen LogP) is 3.95. The van der Waals surface area contributed by atoms with Crippen molar-refractivity contribution >= 4 is 11.6 Å². The van der Waals surface area contributed by atoms with E-state index in [2.05, 4.69) is 6.07 Å². The summed E-state index contributed by atoms with van der Waals surface area (Å²) in [6, 6.07) is 12.9. The van der Waals surface area contributed by atoms with Crippen LogP contribution in [-0.2, 0) is 17.6 Å². The van der Waals surface area contributed by atoms with Crippen molar-refractivity contribution in [3.05, 3.63) is 53.6 Å². The summed E-state index contributed by atoms with van der Waals surface area (Å²) in [4.78, 5) is 11.0. The molecule has 5 heteroatoms. The van der Waals surface area contributed by atoms with Gasteiger partial charge in [0.15, 0.2) is 0 Å². The fourth-order valence-electron chi connectivity index (χ4n) is 2.61. The Morgan fingerprint density at radius 3 is 2.38 bits per heavy atom. The zero-order valence-corrected chi connectivity index (χ0v) is 11.0. The Labute approximate surface area is 119 Å². The lowest BCUT2D eigenvalue weighted by Crippen LogP contribution is -2.30. The van der Waals surface area contributed by atoms with E-state index in [0.29, 0.717) is 0 Å². The van der Waals surface area contributed by atoms with Crippen LogP contribution < -0.4 is 5.32 Å². The van der Waals surface area contributed by atoms with Gasteiger partial charge in [-0.2, -0.15) is 13.2 Å². The molecule has 0 heterocycles. The van der Waals surface area contributed by atoms with Crippen molar-refractivity contribution in [2.45, 2.75) is 19.0 Å². The van der Waals surface area contributed by atoms with Gasteiger partial charge in [0.25, 0.3) is 0 Å². The smallest absolute Gasteiger partial charge is 0.318 e. The number of halogens is 3. The van der Waals surface area contributed by atoms with Crippen LogP contribution >= 0.6 is 0 Å². The maximum absolute atomic E-state index is 12.3. The van der Waals surface area contributed by atoms with Gasteiger partial charge in [-0.05, 0) is 47.2 Å². The van der Waals surface area contributed by atoms with E-state index >= 15 is 0 Å². The Bertz CT molecular complexity index is 707. The summed E-state index contributed by atoms with van der Waals surface area (Å²) >= 11 is 0. The predicted molar refractivity (Wildman–Crippen MR) is 74.0 cm³/mol. The number of alkyl halides is 3. The fraction of sp³-hybridized carbons (Fsp3) is 0.188. The first-order chi connectivity index (χ1) is 9.95. The third-order valence-corrected chi connectivity index (χ3v) is 3.59. The van der Waals surface area contributed by atoms with E-state index in [4.69, 9.17) is 0 Å². The van der Waals surface area contributed by atoms with Gasteiger partial charge in [-0.3, -0.25) is 4.79 Å². The highest BCUT2D eigenvalue weighted by Gasteiger charge is 2.38. The molecule has 0 saturated heterocycles. The van der Waals surface area contributed by atoms with Crippen molar-refractivity contribution in [3.63, 3.8) is 0 Å². The number of amides is 1. The number of hydrogen-bond donors (Lipinski definition) is 1. The van der Waals surface area contributed by atoms with Crippen LogP contribution in [0, 0.1) is 0 Å². The average molecular weight is 291 g/mol. The molecule has 0 atom stereocenters. The van der Waals surface area contributed by atoms with E-state index in [1.807, 2.05) is 23.5 Å². The fourth-order valence-corrected chi connectivity index (χ4v) is 2.61. The second-order valence-corrected chi connectivity index (χ2v) is 4.98. The number of rotatable bonds is 1. The minimum atomic E-state index is -4.87. The first-order valence-electron chi connectivity index (χ1n) is 6.54. The maximum Gasteiger partial charge on any atom is 0.471 e. The monoisotopic (exact) mass is 291 g/mol. The summed E-state index contributed by atoms with van der Waals surface area (Å²) in [6.45, 7) is 0. The standard InChI is InChI=1S/C16H12F3NO/c17-16(18,19)15(21)20-12-7-8-14-11(9-12)6-5-10-3-1-2-4-13(10)14/h1-4,7-9H,5-6H2,(H,20,21). The third kappa shape index (κ3) is 2.63. The number of carbonyl (C=O) groups is 1. The lowest BCUT2D eigenvalue weighted by atomic mass is 9.85. The lowest BCUT2D eigenvalue weighted by molar-refractivity contribution is -0.167. The molecule has 0 radical (unpaired) electrons. The largest absolute Gasteiger partial charge is 0.471 e. The van der Waals surface area contributed by atoms with E-state index in [1.54, 1.807) is 12.1 Å². The molecule has 21 heavy (non-hydrogen) atoms. The molecule has 0 spiro atoms. The van der Waals surface area contributed by atoms with Crippen LogP contribution in [0.2, 0.25) is 0 Å². The molecular weight excluding hydrogens is 279 g/mol. The van der Waals surface area contributed by atoms with Crippen LogP contribution in [-0.4, -0.2) is 12.1 Å². The first-order valence-corrected chi connectivity index (χ1v) is 6.54. The van der Waals surface area contributed by atoms with Crippen molar-refractivity contribution < 1.29 is 18.0 Å². The molecular formula is C16H12F3NO.